The van der Waals surface area contributed by atoms with Crippen molar-refractivity contribution in [3.05, 3.63) is 35.9 Å². The van der Waals surface area contributed by atoms with Gasteiger partial charge in [-0.3, -0.25) is 0 Å². The zero-order valence-corrected chi connectivity index (χ0v) is 7.42. The van der Waals surface area contributed by atoms with Gasteiger partial charge in [-0.05, 0) is 25.3 Å². The molecular weight excluding hydrogens is 148 g/mol. The number of rotatable bonds is 1. The molecule has 0 saturated carbocycles. The average molecular weight is 162 g/mol. The molecule has 1 aromatic rings. The van der Waals surface area contributed by atoms with Crippen LogP contribution in [0, 0.1) is 0 Å². The van der Waals surface area contributed by atoms with Crippen molar-refractivity contribution in [2.45, 2.75) is 25.4 Å². The highest BCUT2D eigenvalue weighted by Gasteiger charge is 2.31. The van der Waals surface area contributed by atoms with Gasteiger partial charge in [0.15, 0.2) is 0 Å². The van der Waals surface area contributed by atoms with Gasteiger partial charge in [-0.15, -0.1) is 0 Å². The fourth-order valence-electron chi connectivity index (χ4n) is 1.80. The molecule has 0 N–H and O–H groups in total. The molecule has 0 amide bonds. The molecule has 0 unspecified atom stereocenters. The molecule has 0 radical (unpaired) electrons. The molecule has 2 rings (SSSR count). The van der Waals surface area contributed by atoms with Gasteiger partial charge in [-0.1, -0.05) is 30.3 Å². The van der Waals surface area contributed by atoms with E-state index in [0.29, 0.717) is 0 Å². The Morgan fingerprint density at radius 2 is 2.00 bits per heavy atom. The van der Waals surface area contributed by atoms with E-state index in [9.17, 15) is 0 Å². The maximum Gasteiger partial charge on any atom is 0.0904 e. The molecule has 0 aliphatic carbocycles. The van der Waals surface area contributed by atoms with Crippen molar-refractivity contribution in [1.29, 1.82) is 0 Å². The fourth-order valence-corrected chi connectivity index (χ4v) is 1.80. The Balaban J connectivity index is 2.29. The topological polar surface area (TPSA) is 9.23 Å². The Morgan fingerprint density at radius 3 is 2.58 bits per heavy atom. The van der Waals surface area contributed by atoms with E-state index in [0.717, 1.165) is 13.0 Å². The third-order valence-corrected chi connectivity index (χ3v) is 2.60. The standard InChI is InChI=1S/C11H14O/c1-11(8-5-9-12-11)10-6-3-2-4-7-10/h2-4,6-7H,5,8-9H2,1H3/t11-/m0/s1. The van der Waals surface area contributed by atoms with Crippen molar-refractivity contribution in [2.75, 3.05) is 6.61 Å². The maximum atomic E-state index is 5.73. The fraction of sp³-hybridized carbons (Fsp3) is 0.455. The van der Waals surface area contributed by atoms with Crippen LogP contribution >= 0.6 is 0 Å². The summed E-state index contributed by atoms with van der Waals surface area (Å²) in [5.41, 5.74) is 1.30. The number of hydrogen-bond donors (Lipinski definition) is 0. The summed E-state index contributed by atoms with van der Waals surface area (Å²) in [6, 6.07) is 10.5. The summed E-state index contributed by atoms with van der Waals surface area (Å²) in [7, 11) is 0. The summed E-state index contributed by atoms with van der Waals surface area (Å²) >= 11 is 0. The van der Waals surface area contributed by atoms with E-state index >= 15 is 0 Å². The maximum absolute atomic E-state index is 5.73. The second-order valence-electron chi connectivity index (χ2n) is 3.55. The summed E-state index contributed by atoms with van der Waals surface area (Å²) in [5, 5.41) is 0. The first-order chi connectivity index (χ1) is 5.81. The van der Waals surface area contributed by atoms with E-state index in [4.69, 9.17) is 4.74 Å². The monoisotopic (exact) mass is 162 g/mol. The highest BCUT2D eigenvalue weighted by Crippen LogP contribution is 2.34. The normalized spacial score (nSPS) is 29.1. The van der Waals surface area contributed by atoms with Crippen LogP contribution < -0.4 is 0 Å². The van der Waals surface area contributed by atoms with Gasteiger partial charge in [0.2, 0.25) is 0 Å². The molecule has 1 aliphatic rings. The average Bonchev–Trinajstić information content (AvgIpc) is 2.55. The lowest BCUT2D eigenvalue weighted by Crippen LogP contribution is -2.19. The predicted octanol–water partition coefficient (Wildman–Crippen LogP) is 2.71. The molecule has 1 aliphatic heterocycles. The Labute approximate surface area is 73.4 Å². The lowest BCUT2D eigenvalue weighted by molar-refractivity contribution is 0.0168. The Hall–Kier alpha value is -0.820. The second-order valence-corrected chi connectivity index (χ2v) is 3.55. The molecule has 1 atom stereocenters. The minimum absolute atomic E-state index is 0.0126. The molecule has 0 spiro atoms. The van der Waals surface area contributed by atoms with Crippen molar-refractivity contribution < 1.29 is 4.74 Å². The third kappa shape index (κ3) is 1.25. The van der Waals surface area contributed by atoms with E-state index in [1.165, 1.54) is 12.0 Å². The van der Waals surface area contributed by atoms with Gasteiger partial charge in [0, 0.05) is 6.61 Å². The quantitative estimate of drug-likeness (QED) is 0.617. The molecule has 0 bridgehead atoms. The smallest absolute Gasteiger partial charge is 0.0904 e. The predicted molar refractivity (Wildman–Crippen MR) is 49.0 cm³/mol. The van der Waals surface area contributed by atoms with Gasteiger partial charge in [-0.2, -0.15) is 0 Å². The van der Waals surface area contributed by atoms with Crippen molar-refractivity contribution in [3.8, 4) is 0 Å². The van der Waals surface area contributed by atoms with Crippen molar-refractivity contribution in [3.63, 3.8) is 0 Å². The summed E-state index contributed by atoms with van der Waals surface area (Å²) in [4.78, 5) is 0. The number of hydrogen-bond acceptors (Lipinski definition) is 1. The van der Waals surface area contributed by atoms with Crippen LogP contribution in [0.5, 0.6) is 0 Å². The molecule has 1 heteroatoms. The SMILES string of the molecule is C[C@@]1(c2ccccc2)CCCO1. The summed E-state index contributed by atoms with van der Waals surface area (Å²) in [6.45, 7) is 3.08. The lowest BCUT2D eigenvalue weighted by Gasteiger charge is -2.23. The molecule has 1 heterocycles. The Bertz CT molecular complexity index is 247. The van der Waals surface area contributed by atoms with Crippen LogP contribution in [0.25, 0.3) is 0 Å². The number of ether oxygens (including phenoxy) is 1. The Kier molecular flexibility index (Phi) is 1.89. The number of benzene rings is 1. The van der Waals surface area contributed by atoms with Crippen molar-refractivity contribution >= 4 is 0 Å². The van der Waals surface area contributed by atoms with Crippen LogP contribution in [0.3, 0.4) is 0 Å². The van der Waals surface area contributed by atoms with Gasteiger partial charge in [0.25, 0.3) is 0 Å². The van der Waals surface area contributed by atoms with Crippen LogP contribution in [0.15, 0.2) is 30.3 Å². The van der Waals surface area contributed by atoms with Gasteiger partial charge in [-0.25, -0.2) is 0 Å². The first-order valence-electron chi connectivity index (χ1n) is 4.51. The van der Waals surface area contributed by atoms with E-state index in [1.807, 2.05) is 6.07 Å². The molecular formula is C11H14O. The van der Waals surface area contributed by atoms with Crippen LogP contribution in [0.2, 0.25) is 0 Å². The molecule has 1 aromatic carbocycles. The highest BCUT2D eigenvalue weighted by molar-refractivity contribution is 5.22. The zero-order chi connectivity index (χ0) is 8.44. The van der Waals surface area contributed by atoms with E-state index in [2.05, 4.69) is 31.2 Å². The first-order valence-corrected chi connectivity index (χ1v) is 4.51. The van der Waals surface area contributed by atoms with Gasteiger partial charge in [0.05, 0.1) is 5.60 Å². The van der Waals surface area contributed by atoms with Gasteiger partial charge < -0.3 is 4.74 Å². The highest BCUT2D eigenvalue weighted by atomic mass is 16.5. The van der Waals surface area contributed by atoms with Gasteiger partial charge >= 0.3 is 0 Å². The zero-order valence-electron chi connectivity index (χ0n) is 7.42. The van der Waals surface area contributed by atoms with Crippen molar-refractivity contribution in [1.82, 2.24) is 0 Å². The molecule has 0 aromatic heterocycles. The first kappa shape index (κ1) is 7.81. The van der Waals surface area contributed by atoms with Crippen LogP contribution in [0.4, 0.5) is 0 Å². The summed E-state index contributed by atoms with van der Waals surface area (Å²) in [5.74, 6) is 0. The largest absolute Gasteiger partial charge is 0.371 e. The molecule has 1 fully saturated rings. The van der Waals surface area contributed by atoms with Crippen LogP contribution in [-0.2, 0) is 10.3 Å². The van der Waals surface area contributed by atoms with Crippen LogP contribution in [-0.4, -0.2) is 6.61 Å². The summed E-state index contributed by atoms with van der Waals surface area (Å²) in [6.07, 6.45) is 2.34. The van der Waals surface area contributed by atoms with E-state index in [-0.39, 0.29) is 5.60 Å². The molecule has 1 saturated heterocycles. The van der Waals surface area contributed by atoms with E-state index < -0.39 is 0 Å². The van der Waals surface area contributed by atoms with Crippen molar-refractivity contribution in [2.24, 2.45) is 0 Å². The second kappa shape index (κ2) is 2.91. The molecule has 1 nitrogen and oxygen atoms in total. The lowest BCUT2D eigenvalue weighted by atomic mass is 9.93. The van der Waals surface area contributed by atoms with Gasteiger partial charge in [0.1, 0.15) is 0 Å². The van der Waals surface area contributed by atoms with Crippen LogP contribution in [0.1, 0.15) is 25.3 Å². The molecule has 12 heavy (non-hydrogen) atoms. The Morgan fingerprint density at radius 1 is 1.25 bits per heavy atom. The summed E-state index contributed by atoms with van der Waals surface area (Å²) < 4.78 is 5.73. The minimum atomic E-state index is -0.0126. The third-order valence-electron chi connectivity index (χ3n) is 2.60. The minimum Gasteiger partial charge on any atom is -0.371 e. The van der Waals surface area contributed by atoms with E-state index in [1.54, 1.807) is 0 Å². The molecule has 64 valence electrons.